The molecular weight excluding hydrogens is 326 g/mol. The summed E-state index contributed by atoms with van der Waals surface area (Å²) in [6.45, 7) is 4.14. The van der Waals surface area contributed by atoms with Crippen LogP contribution in [0.1, 0.15) is 29.9 Å². The van der Waals surface area contributed by atoms with Gasteiger partial charge in [-0.05, 0) is 37.4 Å². The summed E-state index contributed by atoms with van der Waals surface area (Å²) in [6, 6.07) is 7.27. The molecule has 0 radical (unpaired) electrons. The van der Waals surface area contributed by atoms with Crippen LogP contribution in [-0.4, -0.2) is 32.0 Å². The van der Waals surface area contributed by atoms with Gasteiger partial charge in [0.15, 0.2) is 0 Å². The van der Waals surface area contributed by atoms with E-state index in [4.69, 9.17) is 4.74 Å². The van der Waals surface area contributed by atoms with Gasteiger partial charge in [-0.3, -0.25) is 4.79 Å². The minimum absolute atomic E-state index is 0.0446. The molecule has 0 atom stereocenters. The van der Waals surface area contributed by atoms with Gasteiger partial charge in [-0.25, -0.2) is 9.67 Å². The van der Waals surface area contributed by atoms with Crippen LogP contribution >= 0.6 is 11.3 Å². The van der Waals surface area contributed by atoms with Crippen molar-refractivity contribution in [3.05, 3.63) is 53.3 Å². The standard InChI is InChI=1S/C16H17N5O2S/c1-11(2)23-14-6-5-12(8-17-14)16(22)18-9-13-10-21(20-19-13)15-4-3-7-24-15/h3-8,10-11H,9H2,1-2H3,(H,18,22). The molecule has 24 heavy (non-hydrogen) atoms. The first-order chi connectivity index (χ1) is 11.6. The Bertz CT molecular complexity index is 796. The Labute approximate surface area is 143 Å². The highest BCUT2D eigenvalue weighted by molar-refractivity contribution is 7.12. The molecule has 0 saturated heterocycles. The number of ether oxygens (including phenoxy) is 1. The number of aromatic nitrogens is 4. The number of amides is 1. The van der Waals surface area contributed by atoms with Crippen LogP contribution in [0.25, 0.3) is 5.00 Å². The number of nitrogens with one attached hydrogen (secondary N) is 1. The average Bonchev–Trinajstić information content (AvgIpc) is 3.24. The number of pyridine rings is 1. The van der Waals surface area contributed by atoms with Crippen LogP contribution < -0.4 is 10.1 Å². The smallest absolute Gasteiger partial charge is 0.253 e. The molecule has 1 N–H and O–H groups in total. The molecule has 0 spiro atoms. The SMILES string of the molecule is CC(C)Oc1ccc(C(=O)NCc2cn(-c3cccs3)nn2)cn1. The van der Waals surface area contributed by atoms with Gasteiger partial charge in [0.2, 0.25) is 5.88 Å². The van der Waals surface area contributed by atoms with Crippen LogP contribution in [0.15, 0.2) is 42.0 Å². The third-order valence-corrected chi connectivity index (χ3v) is 3.92. The van der Waals surface area contributed by atoms with Crippen LogP contribution in [-0.2, 0) is 6.54 Å². The summed E-state index contributed by atoms with van der Waals surface area (Å²) in [7, 11) is 0. The molecule has 1 amide bonds. The lowest BCUT2D eigenvalue weighted by Crippen LogP contribution is -2.23. The third-order valence-electron chi connectivity index (χ3n) is 3.06. The van der Waals surface area contributed by atoms with Crippen molar-refractivity contribution in [2.75, 3.05) is 0 Å². The Morgan fingerprint density at radius 1 is 1.38 bits per heavy atom. The summed E-state index contributed by atoms with van der Waals surface area (Å²) in [4.78, 5) is 16.3. The lowest BCUT2D eigenvalue weighted by molar-refractivity contribution is 0.0950. The molecule has 8 heteroatoms. The van der Waals surface area contributed by atoms with Crippen molar-refractivity contribution in [3.63, 3.8) is 0 Å². The maximum Gasteiger partial charge on any atom is 0.253 e. The predicted octanol–water partition coefficient (Wildman–Crippen LogP) is 2.44. The van der Waals surface area contributed by atoms with E-state index >= 15 is 0 Å². The highest BCUT2D eigenvalue weighted by atomic mass is 32.1. The van der Waals surface area contributed by atoms with Gasteiger partial charge in [0, 0.05) is 12.3 Å². The van der Waals surface area contributed by atoms with Gasteiger partial charge in [0.05, 0.1) is 24.4 Å². The maximum atomic E-state index is 12.1. The van der Waals surface area contributed by atoms with E-state index in [0.717, 1.165) is 5.00 Å². The quantitative estimate of drug-likeness (QED) is 0.743. The predicted molar refractivity (Wildman–Crippen MR) is 90.4 cm³/mol. The van der Waals surface area contributed by atoms with Crippen molar-refractivity contribution in [1.82, 2.24) is 25.3 Å². The van der Waals surface area contributed by atoms with Crippen molar-refractivity contribution in [2.45, 2.75) is 26.5 Å². The zero-order valence-corrected chi connectivity index (χ0v) is 14.2. The molecule has 0 aliphatic rings. The second-order valence-corrected chi connectivity index (χ2v) is 6.27. The zero-order chi connectivity index (χ0) is 16.9. The minimum atomic E-state index is -0.218. The van der Waals surface area contributed by atoms with E-state index in [9.17, 15) is 4.79 Å². The first-order valence-electron chi connectivity index (χ1n) is 7.48. The number of carbonyl (C=O) groups excluding carboxylic acids is 1. The maximum absolute atomic E-state index is 12.1. The fourth-order valence-corrected chi connectivity index (χ4v) is 2.64. The molecule has 0 bridgehead atoms. The number of hydrogen-bond donors (Lipinski definition) is 1. The summed E-state index contributed by atoms with van der Waals surface area (Å²) >= 11 is 1.57. The monoisotopic (exact) mass is 343 g/mol. The van der Waals surface area contributed by atoms with E-state index in [2.05, 4.69) is 20.6 Å². The van der Waals surface area contributed by atoms with E-state index in [1.165, 1.54) is 6.20 Å². The zero-order valence-electron chi connectivity index (χ0n) is 13.3. The van der Waals surface area contributed by atoms with E-state index in [1.807, 2.05) is 31.4 Å². The number of carbonyl (C=O) groups is 1. The number of nitrogens with zero attached hydrogens (tertiary/aromatic N) is 4. The van der Waals surface area contributed by atoms with Crippen molar-refractivity contribution in [2.24, 2.45) is 0 Å². The van der Waals surface area contributed by atoms with Crippen molar-refractivity contribution >= 4 is 17.2 Å². The van der Waals surface area contributed by atoms with Crippen molar-refractivity contribution < 1.29 is 9.53 Å². The average molecular weight is 343 g/mol. The second-order valence-electron chi connectivity index (χ2n) is 5.34. The van der Waals surface area contributed by atoms with Crippen molar-refractivity contribution in [1.29, 1.82) is 0 Å². The van der Waals surface area contributed by atoms with Gasteiger partial charge in [0.1, 0.15) is 10.7 Å². The molecule has 0 aliphatic heterocycles. The molecular formula is C16H17N5O2S. The largest absolute Gasteiger partial charge is 0.475 e. The molecule has 0 aliphatic carbocycles. The van der Waals surface area contributed by atoms with Gasteiger partial charge < -0.3 is 10.1 Å². The fraction of sp³-hybridized carbons (Fsp3) is 0.250. The lowest BCUT2D eigenvalue weighted by atomic mass is 10.2. The summed E-state index contributed by atoms with van der Waals surface area (Å²) < 4.78 is 7.14. The Hall–Kier alpha value is -2.74. The highest BCUT2D eigenvalue weighted by Gasteiger charge is 2.09. The first-order valence-corrected chi connectivity index (χ1v) is 8.36. The fourth-order valence-electron chi connectivity index (χ4n) is 1.99. The second kappa shape index (κ2) is 7.22. The topological polar surface area (TPSA) is 81.9 Å². The van der Waals surface area contributed by atoms with Gasteiger partial charge in [-0.15, -0.1) is 16.4 Å². The van der Waals surface area contributed by atoms with Crippen LogP contribution in [0, 0.1) is 0 Å². The molecule has 3 rings (SSSR count). The Morgan fingerprint density at radius 3 is 2.92 bits per heavy atom. The summed E-state index contributed by atoms with van der Waals surface area (Å²) in [5, 5.41) is 13.8. The molecule has 0 saturated carbocycles. The van der Waals surface area contributed by atoms with Crippen LogP contribution in [0.5, 0.6) is 5.88 Å². The summed E-state index contributed by atoms with van der Waals surface area (Å²) in [5.41, 5.74) is 1.15. The van der Waals surface area contributed by atoms with Crippen LogP contribution in [0.2, 0.25) is 0 Å². The molecule has 0 fully saturated rings. The molecule has 0 aromatic carbocycles. The van der Waals surface area contributed by atoms with E-state index < -0.39 is 0 Å². The minimum Gasteiger partial charge on any atom is -0.475 e. The third kappa shape index (κ3) is 3.96. The molecule has 3 heterocycles. The first kappa shape index (κ1) is 16.1. The molecule has 124 valence electrons. The van der Waals surface area contributed by atoms with Gasteiger partial charge in [-0.2, -0.15) is 0 Å². The number of hydrogen-bond acceptors (Lipinski definition) is 6. The van der Waals surface area contributed by atoms with Gasteiger partial charge >= 0.3 is 0 Å². The molecule has 3 aromatic rings. The van der Waals surface area contributed by atoms with Gasteiger partial charge in [-0.1, -0.05) is 5.21 Å². The Morgan fingerprint density at radius 2 is 2.25 bits per heavy atom. The van der Waals surface area contributed by atoms with Crippen LogP contribution in [0.3, 0.4) is 0 Å². The van der Waals surface area contributed by atoms with E-state index in [1.54, 1.807) is 34.3 Å². The number of rotatable bonds is 6. The Balaban J connectivity index is 1.57. The van der Waals surface area contributed by atoms with E-state index in [0.29, 0.717) is 23.7 Å². The normalized spacial score (nSPS) is 10.8. The van der Waals surface area contributed by atoms with Crippen LogP contribution in [0.4, 0.5) is 0 Å². The molecule has 0 unspecified atom stereocenters. The summed E-state index contributed by atoms with van der Waals surface area (Å²) in [6.07, 6.45) is 3.34. The lowest BCUT2D eigenvalue weighted by Gasteiger charge is -2.08. The summed E-state index contributed by atoms with van der Waals surface area (Å²) in [5.74, 6) is 0.282. The molecule has 7 nitrogen and oxygen atoms in total. The van der Waals surface area contributed by atoms with Crippen molar-refractivity contribution in [3.8, 4) is 10.9 Å². The Kier molecular flexibility index (Phi) is 4.85. The number of thiophene rings is 1. The molecule has 3 aromatic heterocycles. The highest BCUT2D eigenvalue weighted by Crippen LogP contribution is 2.13. The van der Waals surface area contributed by atoms with E-state index in [-0.39, 0.29) is 12.0 Å². The van der Waals surface area contributed by atoms with Gasteiger partial charge in [0.25, 0.3) is 5.91 Å².